The molecule has 92 valence electrons. The van der Waals surface area contributed by atoms with E-state index in [1.165, 1.54) is 22.5 Å². The monoisotopic (exact) mass is 246 g/mol. The van der Waals surface area contributed by atoms with Gasteiger partial charge in [-0.1, -0.05) is 48.5 Å². The van der Waals surface area contributed by atoms with Crippen LogP contribution in [0.4, 0.5) is 0 Å². The number of fused-ring (bicyclic) bond motifs is 3. The number of aromatic nitrogens is 2. The Hall–Kier alpha value is -2.35. The van der Waals surface area contributed by atoms with Gasteiger partial charge in [-0.3, -0.25) is 0 Å². The summed E-state index contributed by atoms with van der Waals surface area (Å²) in [7, 11) is 0. The summed E-state index contributed by atoms with van der Waals surface area (Å²) >= 11 is 0. The van der Waals surface area contributed by atoms with Gasteiger partial charge >= 0.3 is 0 Å². The Morgan fingerprint density at radius 2 is 1.63 bits per heavy atom. The van der Waals surface area contributed by atoms with Crippen molar-refractivity contribution in [2.75, 3.05) is 0 Å². The summed E-state index contributed by atoms with van der Waals surface area (Å²) in [5, 5.41) is 4.78. The summed E-state index contributed by atoms with van der Waals surface area (Å²) in [6.07, 6.45) is 2.17. The van der Waals surface area contributed by atoms with Crippen molar-refractivity contribution in [3.05, 3.63) is 71.9 Å². The highest BCUT2D eigenvalue weighted by Crippen LogP contribution is 2.27. The fourth-order valence-electron chi connectivity index (χ4n) is 2.75. The summed E-state index contributed by atoms with van der Waals surface area (Å²) in [6.45, 7) is 0. The quantitative estimate of drug-likeness (QED) is 0.641. The number of hydrogen-bond donors (Lipinski definition) is 0. The molecule has 0 aliphatic carbocycles. The van der Waals surface area contributed by atoms with E-state index in [1.54, 1.807) is 0 Å². The molecule has 0 N–H and O–H groups in total. The predicted octanol–water partition coefficient (Wildman–Crippen LogP) is 3.64. The number of para-hydroxylation sites is 1. The van der Waals surface area contributed by atoms with Gasteiger partial charge in [-0.25, -0.2) is 4.68 Å². The molecule has 0 saturated heterocycles. The molecule has 0 amide bonds. The molecule has 0 unspecified atom stereocenters. The van der Waals surface area contributed by atoms with Crippen LogP contribution in [0.25, 0.3) is 16.9 Å². The Morgan fingerprint density at radius 1 is 0.842 bits per heavy atom. The van der Waals surface area contributed by atoms with Crippen LogP contribution in [-0.2, 0) is 12.8 Å². The summed E-state index contributed by atoms with van der Waals surface area (Å²) in [4.78, 5) is 0. The van der Waals surface area contributed by atoms with Gasteiger partial charge in [-0.05, 0) is 30.5 Å². The fourth-order valence-corrected chi connectivity index (χ4v) is 2.75. The van der Waals surface area contributed by atoms with Crippen LogP contribution in [0.5, 0.6) is 0 Å². The van der Waals surface area contributed by atoms with Crippen LogP contribution in [0.15, 0.2) is 60.7 Å². The highest BCUT2D eigenvalue weighted by Gasteiger charge is 2.17. The molecule has 1 aromatic heterocycles. The molecule has 3 aromatic rings. The lowest BCUT2D eigenvalue weighted by atomic mass is 10.0. The molecule has 4 rings (SSSR count). The van der Waals surface area contributed by atoms with E-state index in [1.807, 2.05) is 6.07 Å². The average molecular weight is 246 g/mol. The molecule has 0 radical (unpaired) electrons. The third-order valence-electron chi connectivity index (χ3n) is 3.72. The first-order valence-electron chi connectivity index (χ1n) is 6.64. The smallest absolute Gasteiger partial charge is 0.0930 e. The molecule has 2 heterocycles. The Bertz CT molecular complexity index is 726. The lowest BCUT2D eigenvalue weighted by Crippen LogP contribution is -2.12. The molecule has 2 aromatic carbocycles. The SMILES string of the molecule is c1ccc(-c2cc3n(n2)-c2ccccc2CC3)cc1. The first-order valence-corrected chi connectivity index (χ1v) is 6.64. The van der Waals surface area contributed by atoms with E-state index in [0.717, 1.165) is 18.5 Å². The maximum atomic E-state index is 4.78. The first-order chi connectivity index (χ1) is 9.42. The van der Waals surface area contributed by atoms with E-state index < -0.39 is 0 Å². The minimum Gasteiger partial charge on any atom is -0.237 e. The van der Waals surface area contributed by atoms with Gasteiger partial charge < -0.3 is 0 Å². The van der Waals surface area contributed by atoms with Gasteiger partial charge in [-0.2, -0.15) is 5.10 Å². The zero-order chi connectivity index (χ0) is 12.7. The average Bonchev–Trinajstić information content (AvgIpc) is 2.93. The van der Waals surface area contributed by atoms with Crippen molar-refractivity contribution < 1.29 is 0 Å². The van der Waals surface area contributed by atoms with E-state index in [2.05, 4.69) is 59.3 Å². The fraction of sp³-hybridized carbons (Fsp3) is 0.118. The molecule has 0 saturated carbocycles. The second-order valence-corrected chi connectivity index (χ2v) is 4.93. The van der Waals surface area contributed by atoms with E-state index in [-0.39, 0.29) is 0 Å². The molecule has 1 aliphatic heterocycles. The van der Waals surface area contributed by atoms with Crippen LogP contribution >= 0.6 is 0 Å². The molecule has 2 nitrogen and oxygen atoms in total. The maximum absolute atomic E-state index is 4.78. The molecular weight excluding hydrogens is 232 g/mol. The minimum absolute atomic E-state index is 1.06. The van der Waals surface area contributed by atoms with E-state index >= 15 is 0 Å². The van der Waals surface area contributed by atoms with E-state index in [0.29, 0.717) is 0 Å². The normalized spacial score (nSPS) is 12.8. The summed E-state index contributed by atoms with van der Waals surface area (Å²) in [5.74, 6) is 0. The van der Waals surface area contributed by atoms with Crippen LogP contribution in [-0.4, -0.2) is 9.78 Å². The molecule has 0 atom stereocenters. The second-order valence-electron chi connectivity index (χ2n) is 4.93. The molecule has 0 bridgehead atoms. The Balaban J connectivity index is 1.88. The topological polar surface area (TPSA) is 17.8 Å². The van der Waals surface area contributed by atoms with Gasteiger partial charge in [0.1, 0.15) is 0 Å². The van der Waals surface area contributed by atoms with Crippen LogP contribution < -0.4 is 0 Å². The van der Waals surface area contributed by atoms with Crippen molar-refractivity contribution in [1.29, 1.82) is 0 Å². The second kappa shape index (κ2) is 4.09. The summed E-state index contributed by atoms with van der Waals surface area (Å²) in [5.41, 5.74) is 6.16. The predicted molar refractivity (Wildman–Crippen MR) is 76.4 cm³/mol. The number of nitrogens with zero attached hydrogens (tertiary/aromatic N) is 2. The van der Waals surface area contributed by atoms with Crippen LogP contribution in [0, 0.1) is 0 Å². The highest BCUT2D eigenvalue weighted by molar-refractivity contribution is 5.61. The van der Waals surface area contributed by atoms with Crippen molar-refractivity contribution in [3.63, 3.8) is 0 Å². The molecule has 0 spiro atoms. The van der Waals surface area contributed by atoms with Crippen LogP contribution in [0.3, 0.4) is 0 Å². The highest BCUT2D eigenvalue weighted by atomic mass is 15.3. The zero-order valence-electron chi connectivity index (χ0n) is 10.6. The standard InChI is InChI=1S/C17H14N2/c1-2-6-13(7-3-1)16-12-15-11-10-14-8-4-5-9-17(14)19(15)18-16/h1-9,12H,10-11H2. The lowest BCUT2D eigenvalue weighted by Gasteiger charge is -2.17. The zero-order valence-corrected chi connectivity index (χ0v) is 10.6. The number of benzene rings is 2. The maximum Gasteiger partial charge on any atom is 0.0930 e. The van der Waals surface area contributed by atoms with Gasteiger partial charge in [0.2, 0.25) is 0 Å². The van der Waals surface area contributed by atoms with Crippen LogP contribution in [0.1, 0.15) is 11.3 Å². The third-order valence-corrected chi connectivity index (χ3v) is 3.72. The van der Waals surface area contributed by atoms with Crippen molar-refractivity contribution in [2.24, 2.45) is 0 Å². The number of aryl methyl sites for hydroxylation is 2. The van der Waals surface area contributed by atoms with Crippen molar-refractivity contribution >= 4 is 0 Å². The largest absolute Gasteiger partial charge is 0.237 e. The van der Waals surface area contributed by atoms with Gasteiger partial charge in [0.05, 0.1) is 11.4 Å². The van der Waals surface area contributed by atoms with Crippen LogP contribution in [0.2, 0.25) is 0 Å². The van der Waals surface area contributed by atoms with Gasteiger partial charge in [-0.15, -0.1) is 0 Å². The number of hydrogen-bond acceptors (Lipinski definition) is 1. The van der Waals surface area contributed by atoms with Gasteiger partial charge in [0.25, 0.3) is 0 Å². The summed E-state index contributed by atoms with van der Waals surface area (Å²) < 4.78 is 2.10. The molecule has 1 aliphatic rings. The van der Waals surface area contributed by atoms with Crippen molar-refractivity contribution in [2.45, 2.75) is 12.8 Å². The summed E-state index contributed by atoms with van der Waals surface area (Å²) in [6, 6.07) is 21.1. The van der Waals surface area contributed by atoms with Gasteiger partial charge in [0, 0.05) is 11.3 Å². The molecule has 0 fully saturated rings. The minimum atomic E-state index is 1.06. The van der Waals surface area contributed by atoms with Crippen molar-refractivity contribution in [1.82, 2.24) is 9.78 Å². The Morgan fingerprint density at radius 3 is 2.53 bits per heavy atom. The molecular formula is C17H14N2. The number of rotatable bonds is 1. The third kappa shape index (κ3) is 1.68. The van der Waals surface area contributed by atoms with E-state index in [4.69, 9.17) is 5.10 Å². The van der Waals surface area contributed by atoms with Crippen molar-refractivity contribution in [3.8, 4) is 16.9 Å². The molecule has 19 heavy (non-hydrogen) atoms. The molecule has 2 heteroatoms. The Kier molecular flexibility index (Phi) is 2.27. The lowest BCUT2D eigenvalue weighted by molar-refractivity contribution is 0.739. The van der Waals surface area contributed by atoms with Gasteiger partial charge in [0.15, 0.2) is 0 Å². The van der Waals surface area contributed by atoms with E-state index in [9.17, 15) is 0 Å². The first kappa shape index (κ1) is 10.6. The Labute approximate surface area is 112 Å².